The van der Waals surface area contributed by atoms with Gasteiger partial charge in [-0.25, -0.2) is 0 Å². The molecule has 0 unspecified atom stereocenters. The molecule has 1 heterocycles. The number of amides is 1. The van der Waals surface area contributed by atoms with Crippen LogP contribution in [0.4, 0.5) is 11.6 Å². The monoisotopic (exact) mass is 362 g/mol. The van der Waals surface area contributed by atoms with Crippen molar-refractivity contribution in [2.45, 2.75) is 13.5 Å². The molecule has 0 bridgehead atoms. The van der Waals surface area contributed by atoms with Gasteiger partial charge in [0.1, 0.15) is 5.75 Å². The summed E-state index contributed by atoms with van der Waals surface area (Å²) in [5.74, 6) is 1.49. The maximum Gasteiger partial charge on any atom is 0.263 e. The van der Waals surface area contributed by atoms with E-state index in [0.717, 1.165) is 17.9 Å². The smallest absolute Gasteiger partial charge is 0.263 e. The maximum atomic E-state index is 12.0. The minimum atomic E-state index is -0.282. The summed E-state index contributed by atoms with van der Waals surface area (Å²) >= 11 is 0. The molecule has 0 radical (unpaired) electrons. The Morgan fingerprint density at radius 2 is 1.74 bits per heavy atom. The van der Waals surface area contributed by atoms with Gasteiger partial charge in [0.05, 0.1) is 0 Å². The summed E-state index contributed by atoms with van der Waals surface area (Å²) < 4.78 is 5.45. The van der Waals surface area contributed by atoms with Crippen LogP contribution in [0, 0.1) is 6.92 Å². The van der Waals surface area contributed by atoms with Gasteiger partial charge in [-0.05, 0) is 36.8 Å². The Bertz CT molecular complexity index is 865. The van der Waals surface area contributed by atoms with Crippen LogP contribution < -0.4 is 15.0 Å². The molecule has 3 rings (SSSR count). The van der Waals surface area contributed by atoms with E-state index in [1.54, 1.807) is 6.07 Å². The summed E-state index contributed by atoms with van der Waals surface area (Å²) in [6, 6.07) is 21.2. The lowest BCUT2D eigenvalue weighted by Crippen LogP contribution is -2.22. The van der Waals surface area contributed by atoms with Crippen LogP contribution in [0.25, 0.3) is 0 Å². The molecule has 0 spiro atoms. The van der Waals surface area contributed by atoms with Crippen molar-refractivity contribution in [1.29, 1.82) is 0 Å². The summed E-state index contributed by atoms with van der Waals surface area (Å²) in [7, 11) is 1.95. The number of aromatic nitrogens is 2. The number of rotatable bonds is 7. The molecule has 1 aromatic heterocycles. The Hall–Kier alpha value is -3.41. The molecule has 2 aromatic carbocycles. The molecule has 1 N–H and O–H groups in total. The summed E-state index contributed by atoms with van der Waals surface area (Å²) in [6.45, 7) is 2.64. The predicted molar refractivity (Wildman–Crippen MR) is 106 cm³/mol. The third-order valence-electron chi connectivity index (χ3n) is 3.96. The molecule has 3 aromatic rings. The van der Waals surface area contributed by atoms with Crippen LogP contribution in [-0.2, 0) is 11.3 Å². The third-order valence-corrected chi connectivity index (χ3v) is 3.96. The van der Waals surface area contributed by atoms with Crippen molar-refractivity contribution < 1.29 is 9.53 Å². The van der Waals surface area contributed by atoms with E-state index in [0.29, 0.717) is 11.6 Å². The van der Waals surface area contributed by atoms with Crippen molar-refractivity contribution in [2.24, 2.45) is 0 Å². The fraction of sp³-hybridized carbons (Fsp3) is 0.190. The highest BCUT2D eigenvalue weighted by molar-refractivity contribution is 5.90. The topological polar surface area (TPSA) is 67.3 Å². The summed E-state index contributed by atoms with van der Waals surface area (Å²) in [4.78, 5) is 14.0. The molecule has 6 nitrogen and oxygen atoms in total. The van der Waals surface area contributed by atoms with E-state index in [4.69, 9.17) is 4.74 Å². The first-order valence-corrected chi connectivity index (χ1v) is 8.68. The molecule has 0 aliphatic rings. The van der Waals surface area contributed by atoms with Gasteiger partial charge in [-0.2, -0.15) is 0 Å². The molecule has 138 valence electrons. The quantitative estimate of drug-likeness (QED) is 0.697. The second-order valence-electron chi connectivity index (χ2n) is 6.27. The van der Waals surface area contributed by atoms with Gasteiger partial charge in [-0.1, -0.05) is 48.0 Å². The molecule has 1 amide bonds. The molecule has 6 heteroatoms. The van der Waals surface area contributed by atoms with E-state index in [9.17, 15) is 4.79 Å². The van der Waals surface area contributed by atoms with Gasteiger partial charge in [0.2, 0.25) is 0 Å². The van der Waals surface area contributed by atoms with E-state index < -0.39 is 0 Å². The van der Waals surface area contributed by atoms with Crippen LogP contribution in [0.3, 0.4) is 0 Å². The van der Waals surface area contributed by atoms with Crippen molar-refractivity contribution in [2.75, 3.05) is 23.9 Å². The summed E-state index contributed by atoms with van der Waals surface area (Å²) in [5.41, 5.74) is 2.33. The number of carbonyl (C=O) groups is 1. The predicted octanol–water partition coefficient (Wildman–Crippen LogP) is 3.44. The second-order valence-corrected chi connectivity index (χ2v) is 6.27. The Labute approximate surface area is 158 Å². The number of hydrogen-bond acceptors (Lipinski definition) is 5. The van der Waals surface area contributed by atoms with Crippen molar-refractivity contribution >= 4 is 17.5 Å². The van der Waals surface area contributed by atoms with Crippen LogP contribution >= 0.6 is 0 Å². The fourth-order valence-electron chi connectivity index (χ4n) is 2.50. The van der Waals surface area contributed by atoms with Gasteiger partial charge in [-0.3, -0.25) is 4.79 Å². The van der Waals surface area contributed by atoms with Gasteiger partial charge in [0.25, 0.3) is 5.91 Å². The molecular weight excluding hydrogens is 340 g/mol. The average Bonchev–Trinajstić information content (AvgIpc) is 2.69. The lowest BCUT2D eigenvalue weighted by atomic mass is 10.2. The van der Waals surface area contributed by atoms with Crippen molar-refractivity contribution in [3.63, 3.8) is 0 Å². The van der Waals surface area contributed by atoms with Crippen LogP contribution in [0.2, 0.25) is 0 Å². The highest BCUT2D eigenvalue weighted by atomic mass is 16.5. The molecule has 27 heavy (non-hydrogen) atoms. The number of ether oxygens (including phenoxy) is 1. The Morgan fingerprint density at radius 3 is 2.41 bits per heavy atom. The van der Waals surface area contributed by atoms with Crippen LogP contribution in [0.5, 0.6) is 5.75 Å². The van der Waals surface area contributed by atoms with Crippen LogP contribution in [0.1, 0.15) is 11.1 Å². The Morgan fingerprint density at radius 1 is 1.00 bits per heavy atom. The normalized spacial score (nSPS) is 10.3. The van der Waals surface area contributed by atoms with Gasteiger partial charge in [-0.15, -0.1) is 10.2 Å². The second kappa shape index (κ2) is 8.80. The summed E-state index contributed by atoms with van der Waals surface area (Å²) in [5, 5.41) is 10.9. The fourth-order valence-corrected chi connectivity index (χ4v) is 2.50. The molecule has 0 atom stereocenters. The van der Waals surface area contributed by atoms with Gasteiger partial charge < -0.3 is 15.0 Å². The lowest BCUT2D eigenvalue weighted by Gasteiger charge is -2.17. The molecule has 0 saturated heterocycles. The van der Waals surface area contributed by atoms with Gasteiger partial charge in [0.15, 0.2) is 18.2 Å². The molecule has 0 aliphatic carbocycles. The molecule has 0 fully saturated rings. The number of nitrogens with zero attached hydrogens (tertiary/aromatic N) is 3. The molecule has 0 aliphatic heterocycles. The first kappa shape index (κ1) is 18.4. The SMILES string of the molecule is Cc1ccc(OCC(=O)Nc2ccc(N(C)Cc3ccccc3)nn2)cc1. The maximum absolute atomic E-state index is 12.0. The first-order chi connectivity index (χ1) is 13.1. The number of nitrogens with one attached hydrogen (secondary N) is 1. The number of anilines is 2. The van der Waals surface area contributed by atoms with Crippen molar-refractivity contribution in [3.05, 3.63) is 77.9 Å². The molecule has 0 saturated carbocycles. The zero-order chi connectivity index (χ0) is 19.1. The van der Waals surface area contributed by atoms with E-state index >= 15 is 0 Å². The zero-order valence-corrected chi connectivity index (χ0v) is 15.4. The highest BCUT2D eigenvalue weighted by Gasteiger charge is 2.08. The van der Waals surface area contributed by atoms with Crippen LogP contribution in [-0.4, -0.2) is 29.8 Å². The number of hydrogen-bond donors (Lipinski definition) is 1. The largest absolute Gasteiger partial charge is 0.484 e. The minimum absolute atomic E-state index is 0.0829. The summed E-state index contributed by atoms with van der Waals surface area (Å²) in [6.07, 6.45) is 0. The van der Waals surface area contributed by atoms with Gasteiger partial charge in [0, 0.05) is 13.6 Å². The Balaban J connectivity index is 1.50. The number of aryl methyl sites for hydroxylation is 1. The van der Waals surface area contributed by atoms with Gasteiger partial charge >= 0.3 is 0 Å². The average molecular weight is 362 g/mol. The van der Waals surface area contributed by atoms with E-state index in [2.05, 4.69) is 27.6 Å². The van der Waals surface area contributed by atoms with E-state index in [1.807, 2.05) is 67.4 Å². The highest BCUT2D eigenvalue weighted by Crippen LogP contribution is 2.14. The molecular formula is C21H22N4O2. The number of benzene rings is 2. The Kier molecular flexibility index (Phi) is 5.99. The number of carbonyl (C=O) groups excluding carboxylic acids is 1. The van der Waals surface area contributed by atoms with E-state index in [-0.39, 0.29) is 12.5 Å². The van der Waals surface area contributed by atoms with E-state index in [1.165, 1.54) is 5.56 Å². The lowest BCUT2D eigenvalue weighted by molar-refractivity contribution is -0.118. The van der Waals surface area contributed by atoms with Crippen LogP contribution in [0.15, 0.2) is 66.7 Å². The zero-order valence-electron chi connectivity index (χ0n) is 15.4. The third kappa shape index (κ3) is 5.54. The standard InChI is InChI=1S/C21H22N4O2/c1-16-8-10-18(11-9-16)27-15-21(26)22-19-12-13-20(24-23-19)25(2)14-17-6-4-3-5-7-17/h3-13H,14-15H2,1-2H3,(H,22,23,26). The van der Waals surface area contributed by atoms with Crippen molar-refractivity contribution in [1.82, 2.24) is 10.2 Å². The minimum Gasteiger partial charge on any atom is -0.484 e. The first-order valence-electron chi connectivity index (χ1n) is 8.68. The van der Waals surface area contributed by atoms with Crippen molar-refractivity contribution in [3.8, 4) is 5.75 Å².